The number of benzene rings is 2. The number of hydrogen-bond donors (Lipinski definition) is 3. The number of piperazine rings is 1. The average Bonchev–Trinajstić information content (AvgIpc) is 2.92. The molecule has 1 saturated heterocycles. The Kier molecular flexibility index (Phi) is 7.25. The summed E-state index contributed by atoms with van der Waals surface area (Å²) in [6.07, 6.45) is 7.04. The zero-order valence-electron chi connectivity index (χ0n) is 20.2. The van der Waals surface area contributed by atoms with Gasteiger partial charge in [-0.25, -0.2) is 9.97 Å². The van der Waals surface area contributed by atoms with Gasteiger partial charge in [-0.2, -0.15) is 0 Å². The Labute approximate surface area is 210 Å². The maximum Gasteiger partial charge on any atom is 0.255 e. The molecule has 0 aliphatic carbocycles. The van der Waals surface area contributed by atoms with Gasteiger partial charge in [0.05, 0.1) is 0 Å². The van der Waals surface area contributed by atoms with Crippen LogP contribution in [-0.2, 0) is 6.54 Å². The molecule has 8 nitrogen and oxygen atoms in total. The summed E-state index contributed by atoms with van der Waals surface area (Å²) in [5.74, 6) is 0.338. The molecule has 0 saturated carbocycles. The minimum Gasteiger partial charge on any atom is -0.324 e. The molecule has 1 aliphatic rings. The summed E-state index contributed by atoms with van der Waals surface area (Å²) in [4.78, 5) is 28.3. The number of pyridine rings is 1. The first kappa shape index (κ1) is 23.6. The highest BCUT2D eigenvalue weighted by Gasteiger charge is 2.12. The predicted molar refractivity (Wildman–Crippen MR) is 142 cm³/mol. The van der Waals surface area contributed by atoms with Crippen LogP contribution in [0.1, 0.15) is 21.5 Å². The third kappa shape index (κ3) is 5.91. The topological polar surface area (TPSA) is 95.1 Å². The van der Waals surface area contributed by atoms with Crippen LogP contribution in [0.4, 0.5) is 17.3 Å². The number of carbonyl (C=O) groups excluding carboxylic acids is 1. The van der Waals surface area contributed by atoms with Gasteiger partial charge < -0.3 is 16.0 Å². The number of nitrogens with one attached hydrogen (secondary N) is 3. The quantitative estimate of drug-likeness (QED) is 0.365. The Hall–Kier alpha value is -4.14. The second kappa shape index (κ2) is 11.1. The van der Waals surface area contributed by atoms with E-state index in [9.17, 15) is 4.79 Å². The number of nitrogens with zero attached hydrogens (tertiary/aromatic N) is 4. The van der Waals surface area contributed by atoms with Gasteiger partial charge in [-0.1, -0.05) is 24.3 Å². The van der Waals surface area contributed by atoms with E-state index < -0.39 is 0 Å². The van der Waals surface area contributed by atoms with E-state index in [-0.39, 0.29) is 5.91 Å². The van der Waals surface area contributed by atoms with E-state index in [1.807, 2.05) is 61.5 Å². The summed E-state index contributed by atoms with van der Waals surface area (Å²) in [6.45, 7) is 7.04. The van der Waals surface area contributed by atoms with Crippen molar-refractivity contribution in [1.29, 1.82) is 0 Å². The summed E-state index contributed by atoms with van der Waals surface area (Å²) >= 11 is 0. The van der Waals surface area contributed by atoms with Crippen LogP contribution >= 0.6 is 0 Å². The van der Waals surface area contributed by atoms with Crippen molar-refractivity contribution < 1.29 is 4.79 Å². The monoisotopic (exact) mass is 479 g/mol. The molecular weight excluding hydrogens is 450 g/mol. The standard InChI is InChI=1S/C28H29N7O/c1-20-4-9-25(15-26(20)34-28-31-17-24(18-32-28)23-3-2-10-30-16-23)33-27(36)22-7-5-21(6-8-22)19-35-13-11-29-12-14-35/h2-10,15-18,29H,11-14,19H2,1H3,(H,33,36)(H,31,32,34). The molecule has 0 atom stereocenters. The molecule has 8 heteroatoms. The SMILES string of the molecule is Cc1ccc(NC(=O)c2ccc(CN3CCNCC3)cc2)cc1Nc1ncc(-c2cccnc2)cn1. The van der Waals surface area contributed by atoms with E-state index in [2.05, 4.69) is 35.8 Å². The van der Waals surface area contributed by atoms with Crippen molar-refractivity contribution in [3.63, 3.8) is 0 Å². The lowest BCUT2D eigenvalue weighted by Gasteiger charge is -2.27. The zero-order chi connectivity index (χ0) is 24.7. The molecular formula is C28H29N7O. The summed E-state index contributed by atoms with van der Waals surface area (Å²) in [5, 5.41) is 9.62. The van der Waals surface area contributed by atoms with Crippen LogP contribution in [0.2, 0.25) is 0 Å². The lowest BCUT2D eigenvalue weighted by atomic mass is 10.1. The zero-order valence-corrected chi connectivity index (χ0v) is 20.2. The van der Waals surface area contributed by atoms with Gasteiger partial charge in [-0.3, -0.25) is 14.7 Å². The van der Waals surface area contributed by atoms with Crippen molar-refractivity contribution >= 4 is 23.2 Å². The van der Waals surface area contributed by atoms with Gasteiger partial charge in [-0.15, -0.1) is 0 Å². The van der Waals surface area contributed by atoms with Crippen molar-refractivity contribution in [2.24, 2.45) is 0 Å². The van der Waals surface area contributed by atoms with Crippen LogP contribution in [0.5, 0.6) is 0 Å². The van der Waals surface area contributed by atoms with Crippen LogP contribution in [0.3, 0.4) is 0 Å². The van der Waals surface area contributed by atoms with Gasteiger partial charge in [0.1, 0.15) is 0 Å². The Bertz CT molecular complexity index is 1300. The average molecular weight is 480 g/mol. The van der Waals surface area contributed by atoms with Gasteiger partial charge in [0.15, 0.2) is 0 Å². The summed E-state index contributed by atoms with van der Waals surface area (Å²) < 4.78 is 0. The molecule has 2 aromatic carbocycles. The molecule has 2 aromatic heterocycles. The van der Waals surface area contributed by atoms with Crippen molar-refractivity contribution in [1.82, 2.24) is 25.2 Å². The number of anilines is 3. The second-order valence-corrected chi connectivity index (χ2v) is 8.87. The van der Waals surface area contributed by atoms with Gasteiger partial charge in [0.25, 0.3) is 5.91 Å². The number of carbonyl (C=O) groups is 1. The number of rotatable bonds is 7. The molecule has 4 aromatic rings. The maximum atomic E-state index is 12.9. The van der Waals surface area contributed by atoms with E-state index in [0.717, 1.165) is 55.1 Å². The summed E-state index contributed by atoms with van der Waals surface area (Å²) in [6, 6.07) is 17.4. The molecule has 3 heterocycles. The molecule has 5 rings (SSSR count). The maximum absolute atomic E-state index is 12.9. The van der Waals surface area contributed by atoms with E-state index in [0.29, 0.717) is 17.2 Å². The molecule has 182 valence electrons. The molecule has 36 heavy (non-hydrogen) atoms. The second-order valence-electron chi connectivity index (χ2n) is 8.87. The normalized spacial score (nSPS) is 13.8. The van der Waals surface area contributed by atoms with Crippen LogP contribution in [0.15, 0.2) is 79.4 Å². The third-order valence-corrected chi connectivity index (χ3v) is 6.22. The van der Waals surface area contributed by atoms with E-state index in [1.54, 1.807) is 24.8 Å². The fourth-order valence-corrected chi connectivity index (χ4v) is 4.12. The Balaban J connectivity index is 1.22. The van der Waals surface area contributed by atoms with Crippen LogP contribution in [-0.4, -0.2) is 51.9 Å². The molecule has 1 fully saturated rings. The van der Waals surface area contributed by atoms with Crippen molar-refractivity contribution in [3.05, 3.63) is 96.1 Å². The van der Waals surface area contributed by atoms with Gasteiger partial charge >= 0.3 is 0 Å². The van der Waals surface area contributed by atoms with Crippen molar-refractivity contribution in [3.8, 4) is 11.1 Å². The summed E-state index contributed by atoms with van der Waals surface area (Å²) in [7, 11) is 0. The number of aryl methyl sites for hydroxylation is 1. The highest BCUT2D eigenvalue weighted by Crippen LogP contribution is 2.24. The van der Waals surface area contributed by atoms with Gasteiger partial charge in [-0.05, 0) is 48.4 Å². The van der Waals surface area contributed by atoms with Gasteiger partial charge in [0, 0.05) is 85.6 Å². The number of amides is 1. The first-order chi connectivity index (χ1) is 17.6. The molecule has 0 radical (unpaired) electrons. The highest BCUT2D eigenvalue weighted by atomic mass is 16.1. The highest BCUT2D eigenvalue weighted by molar-refractivity contribution is 6.04. The largest absolute Gasteiger partial charge is 0.324 e. The first-order valence-corrected chi connectivity index (χ1v) is 12.1. The minimum absolute atomic E-state index is 0.143. The van der Waals surface area contributed by atoms with Crippen LogP contribution in [0, 0.1) is 6.92 Å². The van der Waals surface area contributed by atoms with Crippen molar-refractivity contribution in [2.75, 3.05) is 36.8 Å². The smallest absolute Gasteiger partial charge is 0.255 e. The van der Waals surface area contributed by atoms with E-state index in [1.165, 1.54) is 5.56 Å². The molecule has 0 unspecified atom stereocenters. The number of aromatic nitrogens is 3. The first-order valence-electron chi connectivity index (χ1n) is 12.1. The molecule has 0 bridgehead atoms. The Morgan fingerprint density at radius 3 is 2.47 bits per heavy atom. The molecule has 1 amide bonds. The number of hydrogen-bond acceptors (Lipinski definition) is 7. The fraction of sp³-hybridized carbons (Fsp3) is 0.214. The lowest BCUT2D eigenvalue weighted by molar-refractivity contribution is 0.102. The predicted octanol–water partition coefficient (Wildman–Crippen LogP) is 4.25. The Morgan fingerprint density at radius 1 is 0.972 bits per heavy atom. The van der Waals surface area contributed by atoms with Crippen LogP contribution in [0.25, 0.3) is 11.1 Å². The summed E-state index contributed by atoms with van der Waals surface area (Å²) in [5.41, 5.74) is 6.24. The minimum atomic E-state index is -0.143. The molecule has 0 spiro atoms. The fourth-order valence-electron chi connectivity index (χ4n) is 4.12. The molecule has 3 N–H and O–H groups in total. The lowest BCUT2D eigenvalue weighted by Crippen LogP contribution is -2.42. The van der Waals surface area contributed by atoms with E-state index in [4.69, 9.17) is 0 Å². The Morgan fingerprint density at radius 2 is 1.75 bits per heavy atom. The van der Waals surface area contributed by atoms with Crippen LogP contribution < -0.4 is 16.0 Å². The molecule has 1 aliphatic heterocycles. The van der Waals surface area contributed by atoms with Crippen molar-refractivity contribution in [2.45, 2.75) is 13.5 Å². The third-order valence-electron chi connectivity index (χ3n) is 6.22. The van der Waals surface area contributed by atoms with E-state index >= 15 is 0 Å². The van der Waals surface area contributed by atoms with Gasteiger partial charge in [0.2, 0.25) is 5.95 Å².